The van der Waals surface area contributed by atoms with Crippen LogP contribution in [0.1, 0.15) is 0 Å². The third-order valence-electron chi connectivity index (χ3n) is 11.0. The number of anilines is 3. The third-order valence-corrected chi connectivity index (χ3v) is 12.2. The molecule has 0 radical (unpaired) electrons. The molecule has 0 saturated carbocycles. The van der Waals surface area contributed by atoms with Crippen LogP contribution in [0.3, 0.4) is 0 Å². The van der Waals surface area contributed by atoms with Gasteiger partial charge in [0.2, 0.25) is 0 Å². The molecule has 0 unspecified atom stereocenters. The SMILES string of the molecule is c1ccc(-c2ccccc2N(c2ccc(-c3cc4ccc5ccccc5c4c4ccccc34)cc2)c2ccc3c(c2)sc2c4ccccc4ccc32)cc1. The van der Waals surface area contributed by atoms with Gasteiger partial charge in [0, 0.05) is 37.1 Å². The average Bonchev–Trinajstić information content (AvgIpc) is 3.63. The fourth-order valence-electron chi connectivity index (χ4n) is 8.50. The van der Waals surface area contributed by atoms with Crippen LogP contribution in [0, 0.1) is 0 Å². The van der Waals surface area contributed by atoms with E-state index in [9.17, 15) is 0 Å². The zero-order valence-corrected chi connectivity index (χ0v) is 30.2. The van der Waals surface area contributed by atoms with Crippen molar-refractivity contribution in [1.82, 2.24) is 0 Å². The van der Waals surface area contributed by atoms with Gasteiger partial charge in [0.05, 0.1) is 5.69 Å². The summed E-state index contributed by atoms with van der Waals surface area (Å²) in [6.45, 7) is 0. The molecule has 1 heterocycles. The first-order valence-electron chi connectivity index (χ1n) is 18.5. The monoisotopic (exact) mass is 703 g/mol. The highest BCUT2D eigenvalue weighted by Crippen LogP contribution is 2.46. The third kappa shape index (κ3) is 4.92. The van der Waals surface area contributed by atoms with E-state index in [2.05, 4.69) is 205 Å². The van der Waals surface area contributed by atoms with Crippen LogP contribution in [0.25, 0.3) is 85.5 Å². The lowest BCUT2D eigenvalue weighted by molar-refractivity contribution is 1.29. The molecule has 11 aromatic rings. The molecule has 1 nitrogen and oxygen atoms in total. The molecule has 2 heteroatoms. The maximum absolute atomic E-state index is 2.43. The number of nitrogens with zero attached hydrogens (tertiary/aromatic N) is 1. The molecule has 0 saturated heterocycles. The smallest absolute Gasteiger partial charge is 0.0540 e. The van der Waals surface area contributed by atoms with Crippen LogP contribution in [-0.4, -0.2) is 0 Å². The summed E-state index contributed by atoms with van der Waals surface area (Å²) in [5, 5.41) is 12.9. The van der Waals surface area contributed by atoms with Gasteiger partial charge in [-0.1, -0.05) is 164 Å². The number of para-hydroxylation sites is 1. The first-order valence-corrected chi connectivity index (χ1v) is 19.3. The number of hydrogen-bond acceptors (Lipinski definition) is 2. The lowest BCUT2D eigenvalue weighted by atomic mass is 9.90. The molecule has 0 amide bonds. The van der Waals surface area contributed by atoms with Gasteiger partial charge in [-0.3, -0.25) is 0 Å². The Morgan fingerprint density at radius 1 is 0.333 bits per heavy atom. The number of fused-ring (bicyclic) bond motifs is 10. The summed E-state index contributed by atoms with van der Waals surface area (Å²) in [6, 6.07) is 73.4. The minimum absolute atomic E-state index is 1.11. The summed E-state index contributed by atoms with van der Waals surface area (Å²) in [7, 11) is 0. The molecule has 0 N–H and O–H groups in total. The second kappa shape index (κ2) is 12.4. The molecular weight excluding hydrogens is 671 g/mol. The molecule has 1 aromatic heterocycles. The van der Waals surface area contributed by atoms with Crippen molar-refractivity contribution in [1.29, 1.82) is 0 Å². The second-order valence-corrected chi connectivity index (χ2v) is 15.1. The van der Waals surface area contributed by atoms with Gasteiger partial charge < -0.3 is 4.90 Å². The predicted octanol–water partition coefficient (Wildman–Crippen LogP) is 15.5. The van der Waals surface area contributed by atoms with Crippen LogP contribution in [0.4, 0.5) is 17.1 Å². The highest BCUT2D eigenvalue weighted by Gasteiger charge is 2.19. The Kier molecular flexibility index (Phi) is 7.11. The quantitative estimate of drug-likeness (QED) is 0.161. The van der Waals surface area contributed by atoms with Gasteiger partial charge in [-0.25, -0.2) is 0 Å². The van der Waals surface area contributed by atoms with Crippen LogP contribution < -0.4 is 4.90 Å². The Morgan fingerprint density at radius 2 is 0.926 bits per heavy atom. The zero-order valence-electron chi connectivity index (χ0n) is 29.4. The highest BCUT2D eigenvalue weighted by molar-refractivity contribution is 7.26. The molecule has 252 valence electrons. The van der Waals surface area contributed by atoms with Crippen LogP contribution in [0.2, 0.25) is 0 Å². The highest BCUT2D eigenvalue weighted by atomic mass is 32.1. The number of hydrogen-bond donors (Lipinski definition) is 0. The van der Waals surface area contributed by atoms with Gasteiger partial charge in [-0.05, 0) is 96.2 Å². The second-order valence-electron chi connectivity index (χ2n) is 14.1. The minimum atomic E-state index is 1.11. The Bertz CT molecular complexity index is 3210. The molecule has 0 bridgehead atoms. The van der Waals surface area contributed by atoms with E-state index in [1.54, 1.807) is 0 Å². The van der Waals surface area contributed by atoms with Gasteiger partial charge in [0.1, 0.15) is 0 Å². The lowest BCUT2D eigenvalue weighted by Crippen LogP contribution is -2.11. The largest absolute Gasteiger partial charge is 0.310 e. The summed E-state index contributed by atoms with van der Waals surface area (Å²) in [5.74, 6) is 0. The van der Waals surface area contributed by atoms with Crippen molar-refractivity contribution in [2.45, 2.75) is 0 Å². The van der Waals surface area contributed by atoms with Crippen molar-refractivity contribution >= 4 is 91.7 Å². The van der Waals surface area contributed by atoms with E-state index in [4.69, 9.17) is 0 Å². The topological polar surface area (TPSA) is 3.24 Å². The van der Waals surface area contributed by atoms with Crippen molar-refractivity contribution in [2.75, 3.05) is 4.90 Å². The number of rotatable bonds is 5. The summed E-state index contributed by atoms with van der Waals surface area (Å²) in [4.78, 5) is 2.43. The maximum atomic E-state index is 2.43. The molecule has 10 aromatic carbocycles. The van der Waals surface area contributed by atoms with Crippen LogP contribution >= 0.6 is 11.3 Å². The fourth-order valence-corrected chi connectivity index (χ4v) is 9.77. The van der Waals surface area contributed by atoms with Gasteiger partial charge in [0.15, 0.2) is 0 Å². The molecule has 0 fully saturated rings. The minimum Gasteiger partial charge on any atom is -0.310 e. The fraction of sp³-hybridized carbons (Fsp3) is 0. The van der Waals surface area contributed by atoms with Crippen molar-refractivity contribution in [3.8, 4) is 22.3 Å². The Morgan fingerprint density at radius 3 is 1.76 bits per heavy atom. The molecule has 0 spiro atoms. The van der Waals surface area contributed by atoms with Crippen molar-refractivity contribution in [3.05, 3.63) is 200 Å². The number of benzene rings is 10. The molecule has 0 aliphatic rings. The summed E-state index contributed by atoms with van der Waals surface area (Å²) >= 11 is 1.89. The molecule has 11 rings (SSSR count). The predicted molar refractivity (Wildman–Crippen MR) is 235 cm³/mol. The molecule has 0 aliphatic carbocycles. The normalized spacial score (nSPS) is 11.7. The lowest BCUT2D eigenvalue weighted by Gasteiger charge is -2.28. The molecule has 0 aliphatic heterocycles. The molecular formula is C52H33NS. The summed E-state index contributed by atoms with van der Waals surface area (Å²) in [6.07, 6.45) is 0. The van der Waals surface area contributed by atoms with Crippen LogP contribution in [0.5, 0.6) is 0 Å². The van der Waals surface area contributed by atoms with Gasteiger partial charge >= 0.3 is 0 Å². The summed E-state index contributed by atoms with van der Waals surface area (Å²) in [5.41, 5.74) is 8.23. The van der Waals surface area contributed by atoms with Gasteiger partial charge in [0.25, 0.3) is 0 Å². The van der Waals surface area contributed by atoms with Crippen LogP contribution in [-0.2, 0) is 0 Å². The zero-order chi connectivity index (χ0) is 35.6. The summed E-state index contributed by atoms with van der Waals surface area (Å²) < 4.78 is 2.63. The van der Waals surface area contributed by atoms with Crippen molar-refractivity contribution in [3.63, 3.8) is 0 Å². The van der Waals surface area contributed by atoms with E-state index in [1.807, 2.05) is 11.3 Å². The first kappa shape index (κ1) is 30.8. The Hall–Kier alpha value is -6.74. The van der Waals surface area contributed by atoms with E-state index in [0.717, 1.165) is 17.1 Å². The maximum Gasteiger partial charge on any atom is 0.0540 e. The van der Waals surface area contributed by atoms with Gasteiger partial charge in [-0.15, -0.1) is 11.3 Å². The van der Waals surface area contributed by atoms with Gasteiger partial charge in [-0.2, -0.15) is 0 Å². The van der Waals surface area contributed by atoms with Crippen molar-refractivity contribution in [2.24, 2.45) is 0 Å². The van der Waals surface area contributed by atoms with E-state index in [0.29, 0.717) is 0 Å². The first-order chi connectivity index (χ1) is 26.8. The number of thiophene rings is 1. The standard InChI is InChI=1S/C52H33NS/c1-2-12-34(13-3-1)41-16-10-11-21-49(41)53(40-29-31-45-47-30-26-36-15-5-7-18-43(36)52(47)54-50(45)33-40)39-27-24-37(25-28-39)48-32-38-23-22-35-14-4-6-17-42(35)51(38)46-20-9-8-19-44(46)48/h1-33H. The van der Waals surface area contributed by atoms with E-state index in [1.165, 1.54) is 85.5 Å². The molecule has 54 heavy (non-hydrogen) atoms. The Labute approximate surface area is 317 Å². The molecule has 0 atom stereocenters. The van der Waals surface area contributed by atoms with E-state index >= 15 is 0 Å². The van der Waals surface area contributed by atoms with Crippen molar-refractivity contribution < 1.29 is 0 Å². The van der Waals surface area contributed by atoms with E-state index < -0.39 is 0 Å². The van der Waals surface area contributed by atoms with E-state index in [-0.39, 0.29) is 0 Å². The van der Waals surface area contributed by atoms with Crippen LogP contribution in [0.15, 0.2) is 200 Å². The Balaban J connectivity index is 1.10. The average molecular weight is 704 g/mol.